The van der Waals surface area contributed by atoms with Crippen LogP contribution in [0.1, 0.15) is 34.2 Å². The van der Waals surface area contributed by atoms with Gasteiger partial charge in [0.15, 0.2) is 0 Å². The summed E-state index contributed by atoms with van der Waals surface area (Å²) in [5.41, 5.74) is 9.75. The first-order valence-electron chi connectivity index (χ1n) is 7.63. The quantitative estimate of drug-likeness (QED) is 0.922. The summed E-state index contributed by atoms with van der Waals surface area (Å²) in [6.45, 7) is 7.25. The molecule has 1 atom stereocenters. The maximum atomic E-state index is 12.6. The van der Waals surface area contributed by atoms with E-state index in [4.69, 9.17) is 5.73 Å². The van der Waals surface area contributed by atoms with E-state index in [9.17, 15) is 4.79 Å². The predicted octanol–water partition coefficient (Wildman–Crippen LogP) is 2.57. The highest BCUT2D eigenvalue weighted by Gasteiger charge is 2.21. The minimum absolute atomic E-state index is 0.0321. The minimum Gasteiger partial charge on any atom is -0.344 e. The number of likely N-dealkylation sites (N-methyl/N-ethyl adjacent to an activating group) is 1. The van der Waals surface area contributed by atoms with Gasteiger partial charge >= 0.3 is 0 Å². The molecule has 1 unspecified atom stereocenters. The lowest BCUT2D eigenvalue weighted by atomic mass is 10.2. The molecule has 1 amide bonds. The van der Waals surface area contributed by atoms with Crippen molar-refractivity contribution < 1.29 is 4.79 Å². The van der Waals surface area contributed by atoms with Crippen molar-refractivity contribution >= 4 is 5.91 Å². The van der Waals surface area contributed by atoms with Crippen LogP contribution in [0, 0.1) is 13.8 Å². The second-order valence-corrected chi connectivity index (χ2v) is 5.86. The van der Waals surface area contributed by atoms with E-state index in [2.05, 4.69) is 16.7 Å². The van der Waals surface area contributed by atoms with Crippen LogP contribution in [0.25, 0.3) is 0 Å². The lowest BCUT2D eigenvalue weighted by molar-refractivity contribution is 0.0747. The summed E-state index contributed by atoms with van der Waals surface area (Å²) in [4.78, 5) is 14.4. The number of nitrogens with two attached hydrogens (primary N) is 1. The Hall–Kier alpha value is -2.07. The first-order valence-corrected chi connectivity index (χ1v) is 7.63. The number of hydrogen-bond acceptors (Lipinski definition) is 2. The van der Waals surface area contributed by atoms with Gasteiger partial charge < -0.3 is 15.2 Å². The summed E-state index contributed by atoms with van der Waals surface area (Å²) in [5, 5.41) is 0. The lowest BCUT2D eigenvalue weighted by Gasteiger charge is -2.23. The monoisotopic (exact) mass is 299 g/mol. The third kappa shape index (κ3) is 3.22. The van der Waals surface area contributed by atoms with Gasteiger partial charge in [0.05, 0.1) is 5.56 Å². The van der Waals surface area contributed by atoms with Crippen molar-refractivity contribution in [1.29, 1.82) is 0 Å². The zero-order chi connectivity index (χ0) is 16.3. The summed E-state index contributed by atoms with van der Waals surface area (Å²) >= 11 is 0. The molecule has 0 aliphatic rings. The second kappa shape index (κ2) is 6.79. The van der Waals surface area contributed by atoms with Crippen molar-refractivity contribution in [2.45, 2.75) is 33.4 Å². The van der Waals surface area contributed by atoms with Gasteiger partial charge in [-0.05, 0) is 32.4 Å². The molecule has 2 N–H and O–H groups in total. The van der Waals surface area contributed by atoms with Crippen molar-refractivity contribution in [3.05, 3.63) is 58.9 Å². The van der Waals surface area contributed by atoms with Gasteiger partial charge in [-0.2, -0.15) is 0 Å². The molecule has 0 aliphatic carbocycles. The third-order valence-corrected chi connectivity index (χ3v) is 4.31. The van der Waals surface area contributed by atoms with Gasteiger partial charge in [0.2, 0.25) is 0 Å². The number of carbonyl (C=O) groups is 1. The molecule has 0 bridgehead atoms. The maximum absolute atomic E-state index is 12.6. The van der Waals surface area contributed by atoms with Gasteiger partial charge in [-0.25, -0.2) is 0 Å². The zero-order valence-electron chi connectivity index (χ0n) is 13.8. The fraction of sp³-hybridized carbons (Fsp3) is 0.389. The van der Waals surface area contributed by atoms with Crippen molar-refractivity contribution in [3.8, 4) is 0 Å². The van der Waals surface area contributed by atoms with Gasteiger partial charge in [-0.15, -0.1) is 0 Å². The van der Waals surface area contributed by atoms with Gasteiger partial charge in [0, 0.05) is 37.6 Å². The van der Waals surface area contributed by atoms with Crippen LogP contribution in [0.3, 0.4) is 0 Å². The number of rotatable bonds is 5. The van der Waals surface area contributed by atoms with Crippen LogP contribution in [-0.2, 0) is 6.54 Å². The molecule has 22 heavy (non-hydrogen) atoms. The third-order valence-electron chi connectivity index (χ3n) is 4.31. The first-order chi connectivity index (χ1) is 10.5. The van der Waals surface area contributed by atoms with E-state index >= 15 is 0 Å². The Morgan fingerprint density at radius 2 is 1.91 bits per heavy atom. The summed E-state index contributed by atoms with van der Waals surface area (Å²) in [6.07, 6.45) is 0. The Labute approximate surface area is 132 Å². The van der Waals surface area contributed by atoms with Crippen LogP contribution < -0.4 is 5.73 Å². The summed E-state index contributed by atoms with van der Waals surface area (Å²) in [7, 11) is 1.81. The molecule has 118 valence electrons. The largest absolute Gasteiger partial charge is 0.344 e. The highest BCUT2D eigenvalue weighted by atomic mass is 16.2. The molecular formula is C18H25N3O. The van der Waals surface area contributed by atoms with Crippen LogP contribution in [0.15, 0.2) is 36.4 Å². The van der Waals surface area contributed by atoms with E-state index in [1.165, 1.54) is 5.56 Å². The van der Waals surface area contributed by atoms with Crippen molar-refractivity contribution in [2.24, 2.45) is 5.73 Å². The molecule has 0 aliphatic heterocycles. The SMILES string of the molecule is Cc1cc(C(=O)N(C)C(C)CN)c(C)n1Cc1ccccc1. The molecule has 0 fully saturated rings. The van der Waals surface area contributed by atoms with Crippen LogP contribution in [-0.4, -0.2) is 35.0 Å². The fourth-order valence-electron chi connectivity index (χ4n) is 2.58. The van der Waals surface area contributed by atoms with E-state index in [-0.39, 0.29) is 11.9 Å². The molecule has 0 saturated heterocycles. The standard InChI is InChI=1S/C18H25N3O/c1-13-10-17(18(22)20(4)14(2)11-19)15(3)21(13)12-16-8-6-5-7-9-16/h5-10,14H,11-12,19H2,1-4H3. The predicted molar refractivity (Wildman–Crippen MR) is 90.1 cm³/mol. The molecule has 0 spiro atoms. The van der Waals surface area contributed by atoms with Crippen LogP contribution in [0.2, 0.25) is 0 Å². The van der Waals surface area contributed by atoms with Gasteiger partial charge in [-0.3, -0.25) is 4.79 Å². The number of benzene rings is 1. The van der Waals surface area contributed by atoms with Crippen molar-refractivity contribution in [3.63, 3.8) is 0 Å². The van der Waals surface area contributed by atoms with E-state index in [1.54, 1.807) is 4.90 Å². The van der Waals surface area contributed by atoms with Crippen molar-refractivity contribution in [1.82, 2.24) is 9.47 Å². The average Bonchev–Trinajstić information content (AvgIpc) is 2.81. The topological polar surface area (TPSA) is 51.3 Å². The number of nitrogens with zero attached hydrogens (tertiary/aromatic N) is 2. The number of aromatic nitrogens is 1. The van der Waals surface area contributed by atoms with Crippen LogP contribution in [0.4, 0.5) is 0 Å². The zero-order valence-corrected chi connectivity index (χ0v) is 13.8. The molecule has 1 heterocycles. The summed E-state index contributed by atoms with van der Waals surface area (Å²) in [5.74, 6) is 0.0327. The number of aryl methyl sites for hydroxylation is 1. The van der Waals surface area contributed by atoms with Gasteiger partial charge in [-0.1, -0.05) is 30.3 Å². The molecule has 1 aromatic carbocycles. The molecule has 2 aromatic rings. The Bertz CT molecular complexity index is 646. The molecular weight excluding hydrogens is 274 g/mol. The first kappa shape index (κ1) is 16.3. The summed E-state index contributed by atoms with van der Waals surface area (Å²) < 4.78 is 2.18. The van der Waals surface area contributed by atoms with Crippen LogP contribution >= 0.6 is 0 Å². The number of hydrogen-bond donors (Lipinski definition) is 1. The Morgan fingerprint density at radius 3 is 2.50 bits per heavy atom. The molecule has 0 radical (unpaired) electrons. The minimum atomic E-state index is 0.0321. The number of amides is 1. The van der Waals surface area contributed by atoms with E-state index in [0.717, 1.165) is 23.5 Å². The Balaban J connectivity index is 2.29. The number of carbonyl (C=O) groups excluding carboxylic acids is 1. The average molecular weight is 299 g/mol. The van der Waals surface area contributed by atoms with E-state index in [1.807, 2.05) is 52.1 Å². The second-order valence-electron chi connectivity index (χ2n) is 5.86. The van der Waals surface area contributed by atoms with E-state index < -0.39 is 0 Å². The Kier molecular flexibility index (Phi) is 5.03. The molecule has 2 rings (SSSR count). The maximum Gasteiger partial charge on any atom is 0.255 e. The van der Waals surface area contributed by atoms with Gasteiger partial charge in [0.1, 0.15) is 0 Å². The normalized spacial score (nSPS) is 12.2. The highest BCUT2D eigenvalue weighted by Crippen LogP contribution is 2.19. The molecule has 0 saturated carbocycles. The summed E-state index contributed by atoms with van der Waals surface area (Å²) in [6, 6.07) is 12.3. The molecule has 1 aromatic heterocycles. The fourth-order valence-corrected chi connectivity index (χ4v) is 2.58. The van der Waals surface area contributed by atoms with Gasteiger partial charge in [0.25, 0.3) is 5.91 Å². The lowest BCUT2D eigenvalue weighted by Crippen LogP contribution is -2.39. The smallest absolute Gasteiger partial charge is 0.255 e. The molecule has 4 heteroatoms. The van der Waals surface area contributed by atoms with E-state index in [0.29, 0.717) is 6.54 Å². The van der Waals surface area contributed by atoms with Crippen LogP contribution in [0.5, 0.6) is 0 Å². The molecule has 4 nitrogen and oxygen atoms in total. The Morgan fingerprint density at radius 1 is 1.27 bits per heavy atom. The highest BCUT2D eigenvalue weighted by molar-refractivity contribution is 5.95. The van der Waals surface area contributed by atoms with Crippen molar-refractivity contribution in [2.75, 3.05) is 13.6 Å².